The summed E-state index contributed by atoms with van der Waals surface area (Å²) < 4.78 is 68.1. The molecule has 0 spiro atoms. The highest BCUT2D eigenvalue weighted by Crippen LogP contribution is 2.45. The molecule has 0 rings (SSSR count). The van der Waals surface area contributed by atoms with Gasteiger partial charge in [-0.2, -0.15) is 0 Å². The number of esters is 4. The van der Waals surface area contributed by atoms with Crippen LogP contribution >= 0.6 is 15.6 Å². The average molecular weight is 1270 g/mol. The van der Waals surface area contributed by atoms with Gasteiger partial charge in [-0.25, -0.2) is 9.13 Å². The molecular formula is C67H130O17P2. The Labute approximate surface area is 524 Å². The maximum Gasteiger partial charge on any atom is 0.472 e. The number of carbonyl (C=O) groups is 4. The van der Waals surface area contributed by atoms with Gasteiger partial charge in [-0.1, -0.05) is 297 Å². The van der Waals surface area contributed by atoms with Crippen molar-refractivity contribution in [2.75, 3.05) is 39.6 Å². The number of hydrogen-bond acceptors (Lipinski definition) is 15. The fourth-order valence-electron chi connectivity index (χ4n) is 10.2. The maximum absolute atomic E-state index is 13.0. The van der Waals surface area contributed by atoms with E-state index in [0.29, 0.717) is 25.7 Å². The Kier molecular flexibility index (Phi) is 60.5. The van der Waals surface area contributed by atoms with Crippen molar-refractivity contribution in [3.8, 4) is 0 Å². The monoisotopic (exact) mass is 1270 g/mol. The topological polar surface area (TPSA) is 237 Å². The number of carbonyl (C=O) groups excluding carboxylic acids is 4. The second-order valence-corrected chi connectivity index (χ2v) is 27.1. The fraction of sp³-hybridized carbons (Fsp3) is 0.940. The maximum atomic E-state index is 13.0. The summed E-state index contributed by atoms with van der Waals surface area (Å²) in [4.78, 5) is 72.3. The molecule has 0 bridgehead atoms. The summed E-state index contributed by atoms with van der Waals surface area (Å²) in [5, 5.41) is 10.6. The van der Waals surface area contributed by atoms with Crippen LogP contribution in [0.4, 0.5) is 0 Å². The van der Waals surface area contributed by atoms with Gasteiger partial charge in [0.1, 0.15) is 19.3 Å². The van der Waals surface area contributed by atoms with Gasteiger partial charge in [0.15, 0.2) is 12.2 Å². The summed E-state index contributed by atoms with van der Waals surface area (Å²) in [6.07, 6.45) is 48.4. The van der Waals surface area contributed by atoms with E-state index >= 15 is 0 Å². The van der Waals surface area contributed by atoms with Gasteiger partial charge in [0.2, 0.25) is 0 Å². The number of phosphoric ester groups is 2. The Morgan fingerprint density at radius 2 is 0.465 bits per heavy atom. The lowest BCUT2D eigenvalue weighted by atomic mass is 10.0. The Morgan fingerprint density at radius 1 is 0.279 bits per heavy atom. The predicted octanol–water partition coefficient (Wildman–Crippen LogP) is 19.1. The first-order chi connectivity index (χ1) is 41.7. The van der Waals surface area contributed by atoms with Crippen LogP contribution in [0.3, 0.4) is 0 Å². The Hall–Kier alpha value is -1.94. The van der Waals surface area contributed by atoms with Gasteiger partial charge in [-0.3, -0.25) is 37.3 Å². The van der Waals surface area contributed by atoms with Crippen molar-refractivity contribution in [1.29, 1.82) is 0 Å². The second-order valence-electron chi connectivity index (χ2n) is 24.2. The van der Waals surface area contributed by atoms with Gasteiger partial charge in [-0.15, -0.1) is 0 Å². The zero-order chi connectivity index (χ0) is 63.3. The molecule has 0 aromatic heterocycles. The minimum Gasteiger partial charge on any atom is -0.462 e. The molecule has 86 heavy (non-hydrogen) atoms. The van der Waals surface area contributed by atoms with Crippen LogP contribution in [-0.2, 0) is 65.4 Å². The van der Waals surface area contributed by atoms with E-state index in [-0.39, 0.29) is 25.7 Å². The van der Waals surface area contributed by atoms with Crippen molar-refractivity contribution in [2.45, 2.75) is 367 Å². The van der Waals surface area contributed by atoms with Crippen LogP contribution < -0.4 is 0 Å². The molecule has 0 aromatic carbocycles. The third-order valence-electron chi connectivity index (χ3n) is 15.6. The SMILES string of the molecule is CCCCCCCCCCCCCCCCCC(=O)O[C@H](COC(=O)CCCCCCCCCCCCC)COP(=O)(O)OC[C@@H](O)COP(=O)(O)OC[C@@H](COC(=O)CCCCCCCCCCC)OC(=O)CCCCCCCCCCCCC. The predicted molar refractivity (Wildman–Crippen MR) is 345 cm³/mol. The third-order valence-corrected chi connectivity index (χ3v) is 17.5. The molecule has 510 valence electrons. The largest absolute Gasteiger partial charge is 0.472 e. The lowest BCUT2D eigenvalue weighted by molar-refractivity contribution is -0.161. The molecule has 0 aliphatic carbocycles. The van der Waals surface area contributed by atoms with Crippen LogP contribution in [-0.4, -0.2) is 96.7 Å². The third kappa shape index (κ3) is 60.9. The molecule has 0 aliphatic rings. The first kappa shape index (κ1) is 84.1. The molecule has 0 amide bonds. The average Bonchev–Trinajstić information content (AvgIpc) is 3.70. The van der Waals surface area contributed by atoms with Crippen LogP contribution in [0.5, 0.6) is 0 Å². The van der Waals surface area contributed by atoms with Crippen molar-refractivity contribution >= 4 is 39.5 Å². The van der Waals surface area contributed by atoms with E-state index in [2.05, 4.69) is 27.7 Å². The summed E-state index contributed by atoms with van der Waals surface area (Å²) in [5.41, 5.74) is 0. The lowest BCUT2D eigenvalue weighted by Gasteiger charge is -2.21. The molecule has 2 unspecified atom stereocenters. The molecule has 0 fully saturated rings. The number of aliphatic hydroxyl groups is 1. The standard InChI is InChI=1S/C67H130O17P2/c1-5-9-13-17-21-25-28-29-30-31-34-38-42-46-50-54-67(72)84-63(58-78-65(70)52-48-44-40-36-32-26-22-18-14-10-6-2)60-82-86(75,76)80-56-61(68)55-79-85(73,74)81-59-62(57-77-64(69)51-47-43-39-35-24-20-16-12-8-4)83-66(71)53-49-45-41-37-33-27-23-19-15-11-7-3/h61-63,68H,5-60H2,1-4H3,(H,73,74)(H,75,76)/t61-,62+,63+/m0/s1. The summed E-state index contributed by atoms with van der Waals surface area (Å²) >= 11 is 0. The molecule has 19 heteroatoms. The van der Waals surface area contributed by atoms with Gasteiger partial charge in [0.25, 0.3) is 0 Å². The molecule has 0 saturated heterocycles. The fourth-order valence-corrected chi connectivity index (χ4v) is 11.7. The minimum atomic E-state index is -4.95. The van der Waals surface area contributed by atoms with E-state index in [1.54, 1.807) is 0 Å². The molecule has 0 heterocycles. The van der Waals surface area contributed by atoms with Crippen molar-refractivity contribution in [3.05, 3.63) is 0 Å². The summed E-state index contributed by atoms with van der Waals surface area (Å²) in [7, 11) is -9.89. The highest BCUT2D eigenvalue weighted by molar-refractivity contribution is 7.47. The van der Waals surface area contributed by atoms with Gasteiger partial charge in [0.05, 0.1) is 26.4 Å². The van der Waals surface area contributed by atoms with Crippen LogP contribution in [0, 0.1) is 0 Å². The highest BCUT2D eigenvalue weighted by Gasteiger charge is 2.30. The highest BCUT2D eigenvalue weighted by atomic mass is 31.2. The number of unbranched alkanes of at least 4 members (excludes halogenated alkanes) is 42. The van der Waals surface area contributed by atoms with Gasteiger partial charge >= 0.3 is 39.5 Å². The van der Waals surface area contributed by atoms with E-state index in [1.165, 1.54) is 180 Å². The molecule has 17 nitrogen and oxygen atoms in total. The molecule has 0 saturated carbocycles. The summed E-state index contributed by atoms with van der Waals surface area (Å²) in [6.45, 7) is 4.91. The smallest absolute Gasteiger partial charge is 0.462 e. The molecular weight excluding hydrogens is 1140 g/mol. The van der Waals surface area contributed by atoms with Crippen molar-refractivity contribution in [1.82, 2.24) is 0 Å². The second kappa shape index (κ2) is 61.9. The van der Waals surface area contributed by atoms with Gasteiger partial charge < -0.3 is 33.8 Å². The number of aliphatic hydroxyl groups excluding tert-OH is 1. The molecule has 0 aliphatic heterocycles. The van der Waals surface area contributed by atoms with Crippen LogP contribution in [0.25, 0.3) is 0 Å². The molecule has 0 aromatic rings. The molecule has 5 atom stereocenters. The van der Waals surface area contributed by atoms with E-state index in [1.807, 2.05) is 0 Å². The van der Waals surface area contributed by atoms with E-state index in [0.717, 1.165) is 89.9 Å². The minimum absolute atomic E-state index is 0.107. The van der Waals surface area contributed by atoms with E-state index < -0.39 is 97.5 Å². The van der Waals surface area contributed by atoms with Gasteiger partial charge in [0, 0.05) is 25.7 Å². The first-order valence-corrected chi connectivity index (χ1v) is 38.3. The summed E-state index contributed by atoms with van der Waals surface area (Å²) in [6, 6.07) is 0. The number of ether oxygens (including phenoxy) is 4. The Balaban J connectivity index is 5.22. The number of phosphoric acid groups is 2. The zero-order valence-corrected chi connectivity index (χ0v) is 57.1. The van der Waals surface area contributed by atoms with Gasteiger partial charge in [-0.05, 0) is 25.7 Å². The van der Waals surface area contributed by atoms with Crippen molar-refractivity contribution in [2.24, 2.45) is 0 Å². The van der Waals surface area contributed by atoms with Crippen molar-refractivity contribution in [3.63, 3.8) is 0 Å². The van der Waals surface area contributed by atoms with E-state index in [4.69, 9.17) is 37.0 Å². The van der Waals surface area contributed by atoms with Crippen LogP contribution in [0.15, 0.2) is 0 Å². The first-order valence-electron chi connectivity index (χ1n) is 35.3. The van der Waals surface area contributed by atoms with Crippen LogP contribution in [0.2, 0.25) is 0 Å². The van der Waals surface area contributed by atoms with E-state index in [9.17, 15) is 43.2 Å². The molecule has 3 N–H and O–H groups in total. The normalized spacial score (nSPS) is 14.1. The quantitative estimate of drug-likeness (QED) is 0.0222. The Bertz CT molecular complexity index is 1650. The Morgan fingerprint density at radius 3 is 0.686 bits per heavy atom. The molecule has 0 radical (unpaired) electrons. The number of rotatable bonds is 68. The zero-order valence-electron chi connectivity index (χ0n) is 55.3. The van der Waals surface area contributed by atoms with Crippen molar-refractivity contribution < 1.29 is 80.2 Å². The van der Waals surface area contributed by atoms with Crippen LogP contribution in [0.1, 0.15) is 349 Å². The summed E-state index contributed by atoms with van der Waals surface area (Å²) in [5.74, 6) is -2.12. The number of hydrogen-bond donors (Lipinski definition) is 3. The lowest BCUT2D eigenvalue weighted by Crippen LogP contribution is -2.30.